The zero-order valence-corrected chi connectivity index (χ0v) is 8.21. The lowest BCUT2D eigenvalue weighted by atomic mass is 10.1. The van der Waals surface area contributed by atoms with Gasteiger partial charge in [0.1, 0.15) is 0 Å². The molecule has 60 valence electrons. The normalized spacial score (nSPS) is 10.8. The monoisotopic (exact) mass is 220 g/mol. The Morgan fingerprint density at radius 2 is 2.08 bits per heavy atom. The van der Waals surface area contributed by atoms with Gasteiger partial charge in [0.2, 0.25) is 0 Å². The van der Waals surface area contributed by atoms with Crippen molar-refractivity contribution in [3.63, 3.8) is 0 Å². The highest BCUT2D eigenvalue weighted by atomic mass is 79.9. The number of terminal acetylenes is 1. The molecule has 0 aliphatic carbocycles. The Bertz CT molecular complexity index is 304. The van der Waals surface area contributed by atoms with Gasteiger partial charge in [-0.05, 0) is 27.9 Å². The van der Waals surface area contributed by atoms with Crippen molar-refractivity contribution in [3.8, 4) is 12.3 Å². The molecule has 1 aromatic rings. The van der Waals surface area contributed by atoms with E-state index < -0.39 is 0 Å². The van der Waals surface area contributed by atoms with E-state index >= 15 is 0 Å². The Morgan fingerprint density at radius 1 is 1.42 bits per heavy atom. The Kier molecular flexibility index (Phi) is 3.63. The van der Waals surface area contributed by atoms with Crippen LogP contribution < -0.4 is 0 Å². The van der Waals surface area contributed by atoms with Crippen molar-refractivity contribution in [3.05, 3.63) is 46.5 Å². The van der Waals surface area contributed by atoms with Crippen LogP contribution in [0.3, 0.4) is 0 Å². The summed E-state index contributed by atoms with van der Waals surface area (Å²) in [6.45, 7) is 0. The van der Waals surface area contributed by atoms with Crippen LogP contribution in [-0.4, -0.2) is 0 Å². The summed E-state index contributed by atoms with van der Waals surface area (Å²) in [6, 6.07) is 10.2. The van der Waals surface area contributed by atoms with Crippen LogP contribution in [0.25, 0.3) is 0 Å². The maximum Gasteiger partial charge on any atom is 0.0634 e. The van der Waals surface area contributed by atoms with Gasteiger partial charge in [0.05, 0.1) is 4.48 Å². The highest BCUT2D eigenvalue weighted by molar-refractivity contribution is 9.12. The molecule has 1 heteroatoms. The summed E-state index contributed by atoms with van der Waals surface area (Å²) in [6.07, 6.45) is 8.03. The standard InChI is InChI=1S/C11H9Br/c1-2-11(12)9-8-10-6-4-3-5-7-10/h1,3-7,9H,8H2/b11-9-. The number of hydrogen-bond acceptors (Lipinski definition) is 0. The van der Waals surface area contributed by atoms with E-state index in [0.717, 1.165) is 10.9 Å². The molecule has 0 N–H and O–H groups in total. The van der Waals surface area contributed by atoms with Crippen LogP contribution in [0.2, 0.25) is 0 Å². The molecule has 0 unspecified atom stereocenters. The van der Waals surface area contributed by atoms with Crippen LogP contribution in [0.15, 0.2) is 40.9 Å². The number of allylic oxidation sites excluding steroid dienone is 2. The maximum atomic E-state index is 5.17. The summed E-state index contributed by atoms with van der Waals surface area (Å²) in [5.74, 6) is 2.51. The molecule has 0 aliphatic rings. The molecule has 0 aromatic heterocycles. The third-order valence-electron chi connectivity index (χ3n) is 1.50. The summed E-state index contributed by atoms with van der Waals surface area (Å²) in [4.78, 5) is 0. The molecule has 0 amide bonds. The van der Waals surface area contributed by atoms with Crippen molar-refractivity contribution in [2.24, 2.45) is 0 Å². The fourth-order valence-electron chi connectivity index (χ4n) is 0.880. The molecule has 0 saturated heterocycles. The van der Waals surface area contributed by atoms with Gasteiger partial charge in [0.25, 0.3) is 0 Å². The molecule has 1 rings (SSSR count). The minimum Gasteiger partial charge on any atom is -0.114 e. The van der Waals surface area contributed by atoms with Crippen LogP contribution in [0.4, 0.5) is 0 Å². The van der Waals surface area contributed by atoms with E-state index in [4.69, 9.17) is 6.42 Å². The zero-order chi connectivity index (χ0) is 8.81. The summed E-state index contributed by atoms with van der Waals surface area (Å²) < 4.78 is 0.811. The van der Waals surface area contributed by atoms with E-state index in [1.54, 1.807) is 0 Å². The summed E-state index contributed by atoms with van der Waals surface area (Å²) in [5, 5.41) is 0. The number of benzene rings is 1. The highest BCUT2D eigenvalue weighted by Crippen LogP contribution is 2.06. The van der Waals surface area contributed by atoms with E-state index in [9.17, 15) is 0 Å². The van der Waals surface area contributed by atoms with Crippen LogP contribution >= 0.6 is 15.9 Å². The third kappa shape index (κ3) is 2.94. The van der Waals surface area contributed by atoms with Crippen molar-refractivity contribution < 1.29 is 0 Å². The van der Waals surface area contributed by atoms with Gasteiger partial charge < -0.3 is 0 Å². The molecular formula is C11H9Br. The minimum atomic E-state index is 0.811. The highest BCUT2D eigenvalue weighted by Gasteiger charge is 1.87. The van der Waals surface area contributed by atoms with Gasteiger partial charge >= 0.3 is 0 Å². The third-order valence-corrected chi connectivity index (χ3v) is 2.05. The second-order valence-corrected chi connectivity index (χ2v) is 3.24. The van der Waals surface area contributed by atoms with Crippen molar-refractivity contribution in [1.82, 2.24) is 0 Å². The van der Waals surface area contributed by atoms with Gasteiger partial charge in [-0.3, -0.25) is 0 Å². The van der Waals surface area contributed by atoms with Gasteiger partial charge in [0, 0.05) is 0 Å². The summed E-state index contributed by atoms with van der Waals surface area (Å²) in [5.41, 5.74) is 1.27. The van der Waals surface area contributed by atoms with Gasteiger partial charge in [-0.15, -0.1) is 6.42 Å². The second kappa shape index (κ2) is 4.79. The van der Waals surface area contributed by atoms with E-state index in [1.165, 1.54) is 5.56 Å². The second-order valence-electron chi connectivity index (χ2n) is 2.39. The molecule has 1 aromatic carbocycles. The summed E-state index contributed by atoms with van der Waals surface area (Å²) in [7, 11) is 0. The minimum absolute atomic E-state index is 0.811. The van der Waals surface area contributed by atoms with E-state index in [-0.39, 0.29) is 0 Å². The molecule has 0 bridgehead atoms. The lowest BCUT2D eigenvalue weighted by Crippen LogP contribution is -1.78. The van der Waals surface area contributed by atoms with Crippen LogP contribution in [0.5, 0.6) is 0 Å². The Morgan fingerprint density at radius 3 is 2.67 bits per heavy atom. The van der Waals surface area contributed by atoms with Crippen molar-refractivity contribution in [2.45, 2.75) is 6.42 Å². The fraction of sp³-hybridized carbons (Fsp3) is 0.0909. The van der Waals surface area contributed by atoms with Gasteiger partial charge in [-0.1, -0.05) is 42.3 Å². The largest absolute Gasteiger partial charge is 0.114 e. The van der Waals surface area contributed by atoms with E-state index in [1.807, 2.05) is 24.3 Å². The molecule has 0 atom stereocenters. The van der Waals surface area contributed by atoms with E-state index in [2.05, 4.69) is 34.0 Å². The topological polar surface area (TPSA) is 0 Å². The molecule has 0 fully saturated rings. The average molecular weight is 221 g/mol. The lowest BCUT2D eigenvalue weighted by Gasteiger charge is -1.93. The van der Waals surface area contributed by atoms with E-state index in [0.29, 0.717) is 0 Å². The van der Waals surface area contributed by atoms with Crippen molar-refractivity contribution >= 4 is 15.9 Å². The molecule has 0 aliphatic heterocycles. The molecule has 0 heterocycles. The Balaban J connectivity index is 2.61. The first kappa shape index (κ1) is 9.09. The molecule has 0 nitrogen and oxygen atoms in total. The molecular weight excluding hydrogens is 212 g/mol. The Hall–Kier alpha value is -1.00. The first-order valence-electron chi connectivity index (χ1n) is 3.69. The molecule has 12 heavy (non-hydrogen) atoms. The number of halogens is 1. The number of hydrogen-bond donors (Lipinski definition) is 0. The SMILES string of the molecule is C#C/C(Br)=C/Cc1ccccc1. The van der Waals surface area contributed by atoms with Crippen LogP contribution in [-0.2, 0) is 6.42 Å². The van der Waals surface area contributed by atoms with Crippen molar-refractivity contribution in [2.75, 3.05) is 0 Å². The van der Waals surface area contributed by atoms with Gasteiger partial charge in [-0.2, -0.15) is 0 Å². The van der Waals surface area contributed by atoms with Crippen LogP contribution in [0.1, 0.15) is 5.56 Å². The van der Waals surface area contributed by atoms with Crippen molar-refractivity contribution in [1.29, 1.82) is 0 Å². The van der Waals surface area contributed by atoms with Gasteiger partial charge in [0.15, 0.2) is 0 Å². The zero-order valence-electron chi connectivity index (χ0n) is 6.63. The fourth-order valence-corrected chi connectivity index (χ4v) is 1.04. The first-order chi connectivity index (χ1) is 5.83. The number of rotatable bonds is 2. The predicted molar refractivity (Wildman–Crippen MR) is 56.0 cm³/mol. The first-order valence-corrected chi connectivity index (χ1v) is 4.48. The smallest absolute Gasteiger partial charge is 0.0634 e. The molecule has 0 saturated carbocycles. The van der Waals surface area contributed by atoms with Crippen LogP contribution in [0, 0.1) is 12.3 Å². The predicted octanol–water partition coefficient (Wildman–Crippen LogP) is 3.14. The maximum absolute atomic E-state index is 5.17. The average Bonchev–Trinajstić information content (AvgIpc) is 2.16. The summed E-state index contributed by atoms with van der Waals surface area (Å²) >= 11 is 3.26. The lowest BCUT2D eigenvalue weighted by molar-refractivity contribution is 1.27. The van der Waals surface area contributed by atoms with Gasteiger partial charge in [-0.25, -0.2) is 0 Å². The molecule has 0 radical (unpaired) electrons. The Labute approximate surface area is 81.4 Å². The quantitative estimate of drug-likeness (QED) is 0.673. The molecule has 0 spiro atoms.